The lowest BCUT2D eigenvalue weighted by atomic mass is 9.64. The molecule has 140 valence electrons. The summed E-state index contributed by atoms with van der Waals surface area (Å²) in [7, 11) is -0.975. The van der Waals surface area contributed by atoms with Crippen molar-refractivity contribution in [1.29, 1.82) is 0 Å². The third kappa shape index (κ3) is 4.86. The number of fused-ring (bicyclic) bond motifs is 1. The van der Waals surface area contributed by atoms with E-state index in [4.69, 9.17) is 16.1 Å². The van der Waals surface area contributed by atoms with Gasteiger partial charge in [0.2, 0.25) is 0 Å². The Hall–Kier alpha value is -2.87. The third-order valence-electron chi connectivity index (χ3n) is 4.62. The Morgan fingerprint density at radius 1 is 1.37 bits per heavy atom. The molecule has 1 aliphatic rings. The number of ketones is 1. The maximum absolute atomic E-state index is 12.4. The summed E-state index contributed by atoms with van der Waals surface area (Å²) in [5.74, 6) is 0.516. The van der Waals surface area contributed by atoms with Crippen molar-refractivity contribution < 1.29 is 14.5 Å². The molecule has 1 aliphatic heterocycles. The Labute approximate surface area is 158 Å². The monoisotopic (exact) mass is 366 g/mol. The minimum absolute atomic E-state index is 0.0169. The average Bonchev–Trinajstić information content (AvgIpc) is 2.62. The summed E-state index contributed by atoms with van der Waals surface area (Å²) in [5, 5.41) is 10.3. The highest BCUT2D eigenvalue weighted by Crippen LogP contribution is 2.35. The van der Waals surface area contributed by atoms with Crippen molar-refractivity contribution in [3.8, 4) is 5.75 Å². The highest BCUT2D eigenvalue weighted by molar-refractivity contribution is 6.46. The van der Waals surface area contributed by atoms with Crippen LogP contribution in [0.3, 0.4) is 0 Å². The van der Waals surface area contributed by atoms with Gasteiger partial charge in [0, 0.05) is 30.5 Å². The number of carbonyl (C=O) groups excluding carboxylic acids is 1. The minimum Gasteiger partial charge on any atom is -0.536 e. The molecule has 8 heteroatoms. The molecule has 7 nitrogen and oxygen atoms in total. The second-order valence-electron chi connectivity index (χ2n) is 6.85. The second kappa shape index (κ2) is 8.22. The summed E-state index contributed by atoms with van der Waals surface area (Å²) in [6.45, 7) is 2.30. The van der Waals surface area contributed by atoms with Crippen LogP contribution in [-0.2, 0) is 24.2 Å². The van der Waals surface area contributed by atoms with Gasteiger partial charge in [0.25, 0.3) is 0 Å². The number of aliphatic imine (C=N–C) groups is 1. The Bertz CT molecular complexity index is 851. The molecular formula is C19H23BN4O3. The fourth-order valence-corrected chi connectivity index (χ4v) is 3.22. The van der Waals surface area contributed by atoms with Crippen LogP contribution in [0.4, 0.5) is 0 Å². The van der Waals surface area contributed by atoms with Crippen LogP contribution in [0.15, 0.2) is 41.5 Å². The van der Waals surface area contributed by atoms with E-state index in [1.54, 1.807) is 12.3 Å². The summed E-state index contributed by atoms with van der Waals surface area (Å²) in [5.41, 5.74) is 14.2. The molecule has 0 aliphatic carbocycles. The predicted octanol–water partition coefficient (Wildman–Crippen LogP) is 1.15. The summed E-state index contributed by atoms with van der Waals surface area (Å²) in [4.78, 5) is 20.7. The number of nitrogens with zero attached hydrogens (tertiary/aromatic N) is 2. The number of nitrogens with two attached hydrogens (primary N) is 2. The van der Waals surface area contributed by atoms with E-state index in [-0.39, 0.29) is 30.4 Å². The van der Waals surface area contributed by atoms with Gasteiger partial charge in [-0.1, -0.05) is 24.3 Å². The van der Waals surface area contributed by atoms with E-state index in [2.05, 4.69) is 9.98 Å². The molecule has 0 saturated carbocycles. The van der Waals surface area contributed by atoms with Crippen molar-refractivity contribution in [2.75, 3.05) is 0 Å². The first-order chi connectivity index (χ1) is 12.9. The van der Waals surface area contributed by atoms with Crippen LogP contribution >= 0.6 is 0 Å². The second-order valence-corrected chi connectivity index (χ2v) is 6.85. The molecule has 1 aromatic heterocycles. The number of rotatable bonds is 6. The highest BCUT2D eigenvalue weighted by atomic mass is 16.5. The normalized spacial score (nSPS) is 15.6. The van der Waals surface area contributed by atoms with Gasteiger partial charge in [-0.2, -0.15) is 0 Å². The summed E-state index contributed by atoms with van der Waals surface area (Å²) in [6.07, 6.45) is 2.74. The van der Waals surface area contributed by atoms with Gasteiger partial charge >= 0.3 is 7.12 Å². The smallest absolute Gasteiger partial charge is 0.526 e. The zero-order chi connectivity index (χ0) is 19.4. The van der Waals surface area contributed by atoms with Gasteiger partial charge in [0.15, 0.2) is 5.96 Å². The van der Waals surface area contributed by atoms with E-state index in [1.165, 1.54) is 0 Å². The molecule has 0 bridgehead atoms. The number of benzene rings is 1. The van der Waals surface area contributed by atoms with E-state index < -0.39 is 7.12 Å². The number of aryl methyl sites for hydroxylation is 1. The van der Waals surface area contributed by atoms with Crippen molar-refractivity contribution in [3.05, 3.63) is 58.9 Å². The largest absolute Gasteiger partial charge is 0.536 e. The van der Waals surface area contributed by atoms with E-state index in [0.29, 0.717) is 18.7 Å². The summed E-state index contributed by atoms with van der Waals surface area (Å²) >= 11 is 0. The van der Waals surface area contributed by atoms with Crippen LogP contribution in [0.1, 0.15) is 28.8 Å². The zero-order valence-electron chi connectivity index (χ0n) is 15.3. The Morgan fingerprint density at radius 3 is 2.89 bits per heavy atom. The number of carbonyl (C=O) groups is 1. The maximum atomic E-state index is 12.4. The number of aromatic nitrogens is 1. The van der Waals surface area contributed by atoms with E-state index in [9.17, 15) is 9.82 Å². The lowest BCUT2D eigenvalue weighted by Gasteiger charge is -2.28. The first kappa shape index (κ1) is 18.9. The number of hydrogen-bond acceptors (Lipinski definition) is 5. The fourth-order valence-electron chi connectivity index (χ4n) is 3.22. The third-order valence-corrected chi connectivity index (χ3v) is 4.62. The number of Topliss-reactive ketones (excluding diaryl/α,β-unsaturated/α-hetero) is 1. The number of pyridine rings is 1. The van der Waals surface area contributed by atoms with Crippen LogP contribution in [0.25, 0.3) is 0 Å². The molecule has 0 amide bonds. The van der Waals surface area contributed by atoms with Gasteiger partial charge in [-0.25, -0.2) is 4.99 Å². The molecule has 2 heterocycles. The molecule has 0 fully saturated rings. The molecule has 5 N–H and O–H groups in total. The van der Waals surface area contributed by atoms with Gasteiger partial charge in [-0.05, 0) is 36.1 Å². The quantitative estimate of drug-likeness (QED) is 0.400. The number of hydrogen-bond donors (Lipinski definition) is 3. The fraction of sp³-hybridized carbons (Fsp3) is 0.316. The Balaban J connectivity index is 1.58. The summed E-state index contributed by atoms with van der Waals surface area (Å²) < 4.78 is 5.64. The van der Waals surface area contributed by atoms with Crippen LogP contribution in [0.2, 0.25) is 5.82 Å². The molecular weight excluding hydrogens is 343 g/mol. The minimum atomic E-state index is -0.975. The van der Waals surface area contributed by atoms with Gasteiger partial charge in [0.05, 0.1) is 6.54 Å². The van der Waals surface area contributed by atoms with Crippen molar-refractivity contribution >= 4 is 18.9 Å². The predicted molar refractivity (Wildman–Crippen MR) is 104 cm³/mol. The van der Waals surface area contributed by atoms with Crippen molar-refractivity contribution in [1.82, 2.24) is 4.98 Å². The zero-order valence-corrected chi connectivity index (χ0v) is 15.3. The number of guanidine groups is 1. The van der Waals surface area contributed by atoms with Gasteiger partial charge in [-0.15, -0.1) is 0 Å². The van der Waals surface area contributed by atoms with Crippen molar-refractivity contribution in [2.24, 2.45) is 16.5 Å². The molecule has 1 atom stereocenters. The van der Waals surface area contributed by atoms with Gasteiger partial charge < -0.3 is 21.1 Å². The molecule has 1 unspecified atom stereocenters. The number of para-hydroxylation sites is 1. The molecule has 1 aromatic carbocycles. The van der Waals surface area contributed by atoms with Crippen LogP contribution in [-0.4, -0.2) is 28.9 Å². The first-order valence-corrected chi connectivity index (χ1v) is 8.86. The van der Waals surface area contributed by atoms with Gasteiger partial charge in [0.1, 0.15) is 11.5 Å². The first-order valence-electron chi connectivity index (χ1n) is 8.86. The van der Waals surface area contributed by atoms with E-state index >= 15 is 0 Å². The Morgan fingerprint density at radius 2 is 2.19 bits per heavy atom. The topological polar surface area (TPSA) is 124 Å². The van der Waals surface area contributed by atoms with Crippen LogP contribution < -0.4 is 16.1 Å². The molecule has 0 radical (unpaired) electrons. The van der Waals surface area contributed by atoms with Crippen molar-refractivity contribution in [3.63, 3.8) is 0 Å². The SMILES string of the molecule is Cc1cccc2c1OB(O)C(CC(=O)Cc1ccc(CN=C(N)N)cn1)C2. The molecule has 3 rings (SSSR count). The van der Waals surface area contributed by atoms with E-state index in [0.717, 1.165) is 22.4 Å². The van der Waals surface area contributed by atoms with Gasteiger partial charge in [-0.3, -0.25) is 9.78 Å². The summed E-state index contributed by atoms with van der Waals surface area (Å²) in [6, 6.07) is 9.52. The molecule has 2 aromatic rings. The van der Waals surface area contributed by atoms with Crippen molar-refractivity contribution in [2.45, 2.75) is 38.5 Å². The average molecular weight is 366 g/mol. The standard InChI is InChI=1S/C19H23BN4O3/c1-12-3-2-4-14-7-15(20(26)27-18(12)14)8-17(25)9-16-6-5-13(10-23-16)11-24-19(21)22/h2-6,10,15,26H,7-9,11H2,1H3,(H4,21,22,24). The molecule has 0 saturated heterocycles. The molecule has 27 heavy (non-hydrogen) atoms. The van der Waals surface area contributed by atoms with Crippen LogP contribution in [0, 0.1) is 6.92 Å². The maximum Gasteiger partial charge on any atom is 0.526 e. The lowest BCUT2D eigenvalue weighted by molar-refractivity contribution is -0.118. The van der Waals surface area contributed by atoms with Crippen LogP contribution in [0.5, 0.6) is 5.75 Å². The van der Waals surface area contributed by atoms with E-state index in [1.807, 2.05) is 31.2 Å². The lowest BCUT2D eigenvalue weighted by Crippen LogP contribution is -2.35. The molecule has 0 spiro atoms. The Kier molecular flexibility index (Phi) is 5.76. The highest BCUT2D eigenvalue weighted by Gasteiger charge is 2.36.